The molecule has 1 saturated heterocycles. The number of anilines is 1. The van der Waals surface area contributed by atoms with Gasteiger partial charge in [0.15, 0.2) is 0 Å². The topological polar surface area (TPSA) is 67.3 Å². The van der Waals surface area contributed by atoms with Crippen molar-refractivity contribution in [3.05, 3.63) is 30.5 Å². The first-order valence-electron chi connectivity index (χ1n) is 8.37. The van der Waals surface area contributed by atoms with Crippen molar-refractivity contribution in [2.75, 3.05) is 18.0 Å². The smallest absolute Gasteiger partial charge is 0.407 e. The molecule has 1 aliphatic heterocycles. The summed E-state index contributed by atoms with van der Waals surface area (Å²) in [5.74, 6) is 0.893. The van der Waals surface area contributed by atoms with E-state index in [1.165, 1.54) is 0 Å². The van der Waals surface area contributed by atoms with Gasteiger partial charge in [-0.25, -0.2) is 9.78 Å². The van der Waals surface area contributed by atoms with Gasteiger partial charge in [0.2, 0.25) is 0 Å². The molecule has 0 aliphatic carbocycles. The SMILES string of the molecule is CC(C)(C)OC(=O)NC1CCN(c2cnc3ccccc3n2)CC1. The number of alkyl carbamates (subject to hydrolysis) is 1. The number of benzene rings is 1. The maximum absolute atomic E-state index is 11.9. The lowest BCUT2D eigenvalue weighted by Gasteiger charge is -2.33. The third kappa shape index (κ3) is 4.13. The van der Waals surface area contributed by atoms with Crippen LogP contribution in [0.5, 0.6) is 0 Å². The number of aromatic nitrogens is 2. The first-order valence-corrected chi connectivity index (χ1v) is 8.37. The minimum Gasteiger partial charge on any atom is -0.444 e. The standard InChI is InChI=1S/C18H24N4O2/c1-18(2,3)24-17(23)20-13-8-10-22(11-9-13)16-12-19-14-6-4-5-7-15(14)21-16/h4-7,12-13H,8-11H2,1-3H3,(H,20,23). The van der Waals surface area contributed by atoms with E-state index in [-0.39, 0.29) is 12.1 Å². The normalized spacial score (nSPS) is 16.2. The van der Waals surface area contributed by atoms with Gasteiger partial charge < -0.3 is 15.0 Å². The number of fused-ring (bicyclic) bond motifs is 1. The number of rotatable bonds is 2. The molecule has 0 saturated carbocycles. The summed E-state index contributed by atoms with van der Waals surface area (Å²) in [6, 6.07) is 8.01. The van der Waals surface area contributed by atoms with Crippen LogP contribution in [0.2, 0.25) is 0 Å². The van der Waals surface area contributed by atoms with E-state index < -0.39 is 5.60 Å². The van der Waals surface area contributed by atoms with Gasteiger partial charge >= 0.3 is 6.09 Å². The Kier molecular flexibility index (Phi) is 4.55. The molecule has 0 bridgehead atoms. The maximum atomic E-state index is 11.9. The molecular formula is C18H24N4O2. The zero-order chi connectivity index (χ0) is 17.2. The Morgan fingerprint density at radius 2 is 1.88 bits per heavy atom. The molecule has 1 aromatic carbocycles. The number of nitrogens with zero attached hydrogens (tertiary/aromatic N) is 3. The molecule has 1 amide bonds. The van der Waals surface area contributed by atoms with Crippen LogP contribution in [0.15, 0.2) is 30.5 Å². The second-order valence-electron chi connectivity index (χ2n) is 7.12. The minimum absolute atomic E-state index is 0.143. The Morgan fingerprint density at radius 3 is 2.54 bits per heavy atom. The summed E-state index contributed by atoms with van der Waals surface area (Å²) in [6.45, 7) is 7.29. The number of amides is 1. The summed E-state index contributed by atoms with van der Waals surface area (Å²) in [5, 5.41) is 2.95. The summed E-state index contributed by atoms with van der Waals surface area (Å²) in [7, 11) is 0. The number of piperidine rings is 1. The number of hydrogen-bond donors (Lipinski definition) is 1. The van der Waals surface area contributed by atoms with Crippen LogP contribution in [0.4, 0.5) is 10.6 Å². The van der Waals surface area contributed by atoms with Crippen molar-refractivity contribution in [3.63, 3.8) is 0 Å². The minimum atomic E-state index is -0.467. The van der Waals surface area contributed by atoms with Crippen LogP contribution in [0.1, 0.15) is 33.6 Å². The van der Waals surface area contributed by atoms with Crippen molar-refractivity contribution in [1.82, 2.24) is 15.3 Å². The highest BCUT2D eigenvalue weighted by Gasteiger charge is 2.24. The third-order valence-corrected chi connectivity index (χ3v) is 3.98. The van der Waals surface area contributed by atoms with E-state index in [2.05, 4.69) is 20.2 Å². The number of hydrogen-bond acceptors (Lipinski definition) is 5. The number of ether oxygens (including phenoxy) is 1. The predicted molar refractivity (Wildman–Crippen MR) is 94.1 cm³/mol. The Morgan fingerprint density at radius 1 is 1.21 bits per heavy atom. The zero-order valence-electron chi connectivity index (χ0n) is 14.5. The van der Waals surface area contributed by atoms with Crippen molar-refractivity contribution in [2.24, 2.45) is 0 Å². The molecule has 0 radical (unpaired) electrons. The van der Waals surface area contributed by atoms with Gasteiger partial charge in [0.1, 0.15) is 11.4 Å². The van der Waals surface area contributed by atoms with Gasteiger partial charge in [-0.1, -0.05) is 12.1 Å². The number of carbonyl (C=O) groups excluding carboxylic acids is 1. The monoisotopic (exact) mass is 328 g/mol. The summed E-state index contributed by atoms with van der Waals surface area (Å²) in [5.41, 5.74) is 1.34. The van der Waals surface area contributed by atoms with E-state index in [1.54, 1.807) is 0 Å². The van der Waals surface area contributed by atoms with Crippen molar-refractivity contribution < 1.29 is 9.53 Å². The molecule has 6 heteroatoms. The lowest BCUT2D eigenvalue weighted by Crippen LogP contribution is -2.46. The number of para-hydroxylation sites is 2. The summed E-state index contributed by atoms with van der Waals surface area (Å²) < 4.78 is 5.31. The number of carbonyl (C=O) groups is 1. The average Bonchev–Trinajstić information content (AvgIpc) is 2.53. The third-order valence-electron chi connectivity index (χ3n) is 3.98. The fourth-order valence-corrected chi connectivity index (χ4v) is 2.83. The van der Waals surface area contributed by atoms with Gasteiger partial charge in [-0.2, -0.15) is 0 Å². The van der Waals surface area contributed by atoms with E-state index in [9.17, 15) is 4.79 Å². The zero-order valence-corrected chi connectivity index (χ0v) is 14.5. The van der Waals surface area contributed by atoms with Crippen LogP contribution < -0.4 is 10.2 Å². The highest BCUT2D eigenvalue weighted by atomic mass is 16.6. The molecule has 0 unspecified atom stereocenters. The molecule has 6 nitrogen and oxygen atoms in total. The van der Waals surface area contributed by atoms with Crippen molar-refractivity contribution in [1.29, 1.82) is 0 Å². The van der Waals surface area contributed by atoms with Crippen molar-refractivity contribution >= 4 is 22.9 Å². The molecule has 1 fully saturated rings. The van der Waals surface area contributed by atoms with Gasteiger partial charge in [0, 0.05) is 19.1 Å². The van der Waals surface area contributed by atoms with Gasteiger partial charge in [0.05, 0.1) is 17.2 Å². The quantitative estimate of drug-likeness (QED) is 0.917. The average molecular weight is 328 g/mol. The Balaban J connectivity index is 1.57. The van der Waals surface area contributed by atoms with Crippen LogP contribution in [-0.4, -0.2) is 40.8 Å². The summed E-state index contributed by atoms with van der Waals surface area (Å²) >= 11 is 0. The molecular weight excluding hydrogens is 304 g/mol. The van der Waals surface area contributed by atoms with Crippen molar-refractivity contribution in [2.45, 2.75) is 45.3 Å². The molecule has 2 heterocycles. The van der Waals surface area contributed by atoms with E-state index in [0.717, 1.165) is 42.8 Å². The van der Waals surface area contributed by atoms with Gasteiger partial charge in [-0.05, 0) is 45.7 Å². The van der Waals surface area contributed by atoms with Crippen LogP contribution in [-0.2, 0) is 4.74 Å². The van der Waals surface area contributed by atoms with Crippen LogP contribution in [0.25, 0.3) is 11.0 Å². The predicted octanol–water partition coefficient (Wildman–Crippen LogP) is 3.12. The highest BCUT2D eigenvalue weighted by Crippen LogP contribution is 2.20. The molecule has 1 N–H and O–H groups in total. The molecule has 128 valence electrons. The van der Waals surface area contributed by atoms with Crippen LogP contribution in [0, 0.1) is 0 Å². The van der Waals surface area contributed by atoms with E-state index in [4.69, 9.17) is 4.74 Å². The van der Waals surface area contributed by atoms with E-state index >= 15 is 0 Å². The highest BCUT2D eigenvalue weighted by molar-refractivity contribution is 5.75. The molecule has 1 aliphatic rings. The molecule has 1 aromatic heterocycles. The Labute approximate surface area is 142 Å². The first kappa shape index (κ1) is 16.5. The lowest BCUT2D eigenvalue weighted by molar-refractivity contribution is 0.0497. The summed E-state index contributed by atoms with van der Waals surface area (Å²) in [6.07, 6.45) is 3.22. The van der Waals surface area contributed by atoms with Gasteiger partial charge in [0.25, 0.3) is 0 Å². The van der Waals surface area contributed by atoms with Crippen molar-refractivity contribution in [3.8, 4) is 0 Å². The van der Waals surface area contributed by atoms with Gasteiger partial charge in [-0.15, -0.1) is 0 Å². The molecule has 0 atom stereocenters. The number of nitrogens with one attached hydrogen (secondary N) is 1. The van der Waals surface area contributed by atoms with Gasteiger partial charge in [-0.3, -0.25) is 4.98 Å². The second-order valence-corrected chi connectivity index (χ2v) is 7.12. The first-order chi connectivity index (χ1) is 11.4. The fraction of sp³-hybridized carbons (Fsp3) is 0.500. The maximum Gasteiger partial charge on any atom is 0.407 e. The second kappa shape index (κ2) is 6.63. The lowest BCUT2D eigenvalue weighted by atomic mass is 10.1. The molecule has 2 aromatic rings. The fourth-order valence-electron chi connectivity index (χ4n) is 2.83. The molecule has 24 heavy (non-hydrogen) atoms. The van der Waals surface area contributed by atoms with E-state index in [1.807, 2.05) is 51.2 Å². The Bertz CT molecular complexity index is 718. The summed E-state index contributed by atoms with van der Waals surface area (Å²) in [4.78, 5) is 23.2. The largest absolute Gasteiger partial charge is 0.444 e. The Hall–Kier alpha value is -2.37. The van der Waals surface area contributed by atoms with Crippen LogP contribution >= 0.6 is 0 Å². The molecule has 0 spiro atoms. The van der Waals surface area contributed by atoms with Crippen LogP contribution in [0.3, 0.4) is 0 Å². The molecule has 3 rings (SSSR count). The van der Waals surface area contributed by atoms with E-state index in [0.29, 0.717) is 0 Å².